The highest BCUT2D eigenvalue weighted by atomic mass is 16.5. The number of hydrogen-bond donors (Lipinski definition) is 1. The normalized spacial score (nSPS) is 30.4. The van der Waals surface area contributed by atoms with Crippen molar-refractivity contribution in [2.75, 3.05) is 37.7 Å². The van der Waals surface area contributed by atoms with E-state index in [1.807, 2.05) is 19.1 Å². The summed E-state index contributed by atoms with van der Waals surface area (Å²) in [5.41, 5.74) is 0.954. The summed E-state index contributed by atoms with van der Waals surface area (Å²) in [5.74, 6) is 1.86. The molecule has 1 saturated carbocycles. The third kappa shape index (κ3) is 2.45. The van der Waals surface area contributed by atoms with Gasteiger partial charge in [0.15, 0.2) is 5.82 Å². The Labute approximate surface area is 130 Å². The lowest BCUT2D eigenvalue weighted by molar-refractivity contribution is -0.122. The van der Waals surface area contributed by atoms with Crippen LogP contribution in [-0.2, 0) is 9.53 Å². The SMILES string of the molecule is Cc1ccc(N2C[C@H]3COC[C@@]3(CNC(=O)C3CC3)C2)nn1. The minimum Gasteiger partial charge on any atom is -0.380 e. The molecule has 0 radical (unpaired) electrons. The van der Waals surface area contributed by atoms with Gasteiger partial charge in [-0.25, -0.2) is 0 Å². The van der Waals surface area contributed by atoms with Gasteiger partial charge in [-0.1, -0.05) is 0 Å². The second-order valence-corrected chi connectivity index (χ2v) is 6.98. The van der Waals surface area contributed by atoms with Crippen molar-refractivity contribution >= 4 is 11.7 Å². The van der Waals surface area contributed by atoms with Crippen LogP contribution in [-0.4, -0.2) is 49.0 Å². The predicted octanol–water partition coefficient (Wildman–Crippen LogP) is 0.764. The quantitative estimate of drug-likeness (QED) is 0.889. The molecular weight excluding hydrogens is 280 g/mol. The maximum atomic E-state index is 11.9. The first-order valence-corrected chi connectivity index (χ1v) is 8.07. The van der Waals surface area contributed by atoms with Crippen LogP contribution in [0.1, 0.15) is 18.5 Å². The molecule has 1 amide bonds. The molecule has 3 aliphatic rings. The van der Waals surface area contributed by atoms with Crippen LogP contribution in [0.4, 0.5) is 5.82 Å². The third-order valence-corrected chi connectivity index (χ3v) is 5.19. The van der Waals surface area contributed by atoms with Crippen molar-refractivity contribution in [3.8, 4) is 0 Å². The minimum atomic E-state index is 0.0249. The fourth-order valence-electron chi connectivity index (χ4n) is 3.57. The van der Waals surface area contributed by atoms with E-state index in [0.717, 1.165) is 50.7 Å². The molecule has 6 nitrogen and oxygen atoms in total. The Hall–Kier alpha value is -1.69. The number of carbonyl (C=O) groups excluding carboxylic acids is 1. The maximum absolute atomic E-state index is 11.9. The number of ether oxygens (including phenoxy) is 1. The molecule has 0 unspecified atom stereocenters. The number of anilines is 1. The average Bonchev–Trinajstić information content (AvgIpc) is 3.20. The number of aromatic nitrogens is 2. The Morgan fingerprint density at radius 2 is 2.32 bits per heavy atom. The molecule has 1 N–H and O–H groups in total. The molecule has 1 aliphatic carbocycles. The van der Waals surface area contributed by atoms with Gasteiger partial charge < -0.3 is 15.0 Å². The fourth-order valence-corrected chi connectivity index (χ4v) is 3.57. The Kier molecular flexibility index (Phi) is 3.29. The highest BCUT2D eigenvalue weighted by Crippen LogP contribution is 2.42. The number of nitrogens with zero attached hydrogens (tertiary/aromatic N) is 3. The molecule has 2 atom stereocenters. The summed E-state index contributed by atoms with van der Waals surface area (Å²) in [5, 5.41) is 11.6. The number of hydrogen-bond acceptors (Lipinski definition) is 5. The topological polar surface area (TPSA) is 67.3 Å². The van der Waals surface area contributed by atoms with E-state index < -0.39 is 0 Å². The van der Waals surface area contributed by atoms with Crippen molar-refractivity contribution < 1.29 is 9.53 Å². The molecule has 6 heteroatoms. The van der Waals surface area contributed by atoms with Crippen LogP contribution in [0.15, 0.2) is 12.1 Å². The van der Waals surface area contributed by atoms with Gasteiger partial charge in [0.25, 0.3) is 0 Å². The summed E-state index contributed by atoms with van der Waals surface area (Å²) >= 11 is 0. The molecule has 118 valence electrons. The zero-order valence-electron chi connectivity index (χ0n) is 12.9. The van der Waals surface area contributed by atoms with Crippen LogP contribution in [0.2, 0.25) is 0 Å². The van der Waals surface area contributed by atoms with Gasteiger partial charge in [-0.15, -0.1) is 5.10 Å². The predicted molar refractivity (Wildman–Crippen MR) is 81.5 cm³/mol. The van der Waals surface area contributed by atoms with Crippen molar-refractivity contribution in [1.82, 2.24) is 15.5 Å². The highest BCUT2D eigenvalue weighted by molar-refractivity contribution is 5.80. The van der Waals surface area contributed by atoms with E-state index >= 15 is 0 Å². The van der Waals surface area contributed by atoms with Crippen LogP contribution in [0.5, 0.6) is 0 Å². The van der Waals surface area contributed by atoms with Gasteiger partial charge in [0.2, 0.25) is 5.91 Å². The van der Waals surface area contributed by atoms with Gasteiger partial charge in [-0.3, -0.25) is 4.79 Å². The largest absolute Gasteiger partial charge is 0.380 e. The molecule has 2 aliphatic heterocycles. The van der Waals surface area contributed by atoms with Crippen LogP contribution >= 0.6 is 0 Å². The molecule has 2 saturated heterocycles. The first-order chi connectivity index (χ1) is 10.7. The van der Waals surface area contributed by atoms with Crippen molar-refractivity contribution in [3.05, 3.63) is 17.8 Å². The third-order valence-electron chi connectivity index (χ3n) is 5.19. The van der Waals surface area contributed by atoms with Crippen LogP contribution in [0.25, 0.3) is 0 Å². The van der Waals surface area contributed by atoms with Gasteiger partial charge in [0, 0.05) is 36.9 Å². The van der Waals surface area contributed by atoms with Gasteiger partial charge in [0.1, 0.15) is 0 Å². The summed E-state index contributed by atoms with van der Waals surface area (Å²) in [6, 6.07) is 4.02. The van der Waals surface area contributed by atoms with Crippen molar-refractivity contribution in [3.63, 3.8) is 0 Å². The summed E-state index contributed by atoms with van der Waals surface area (Å²) in [6.45, 7) is 5.95. The van der Waals surface area contributed by atoms with Crippen LogP contribution in [0, 0.1) is 24.2 Å². The van der Waals surface area contributed by atoms with Crippen LogP contribution < -0.4 is 10.2 Å². The summed E-state index contributed by atoms with van der Waals surface area (Å²) in [4.78, 5) is 14.2. The fraction of sp³-hybridized carbons (Fsp3) is 0.688. The van der Waals surface area contributed by atoms with Crippen molar-refractivity contribution in [2.24, 2.45) is 17.3 Å². The molecule has 0 spiro atoms. The molecule has 22 heavy (non-hydrogen) atoms. The second-order valence-electron chi connectivity index (χ2n) is 6.98. The van der Waals surface area contributed by atoms with Gasteiger partial charge >= 0.3 is 0 Å². The number of carbonyl (C=O) groups is 1. The van der Waals surface area contributed by atoms with E-state index in [-0.39, 0.29) is 17.2 Å². The Morgan fingerprint density at radius 3 is 3.05 bits per heavy atom. The molecule has 1 aromatic heterocycles. The van der Waals surface area contributed by atoms with Gasteiger partial charge in [-0.05, 0) is 31.9 Å². The van der Waals surface area contributed by atoms with Crippen molar-refractivity contribution in [2.45, 2.75) is 19.8 Å². The molecule has 0 aromatic carbocycles. The Bertz CT molecular complexity index is 572. The van der Waals surface area contributed by atoms with Crippen molar-refractivity contribution in [1.29, 1.82) is 0 Å². The van der Waals surface area contributed by atoms with E-state index in [9.17, 15) is 4.79 Å². The minimum absolute atomic E-state index is 0.0249. The average molecular weight is 302 g/mol. The zero-order valence-corrected chi connectivity index (χ0v) is 12.9. The lowest BCUT2D eigenvalue weighted by Crippen LogP contribution is -2.43. The first-order valence-electron chi connectivity index (χ1n) is 8.07. The Morgan fingerprint density at radius 1 is 1.45 bits per heavy atom. The first kappa shape index (κ1) is 13.9. The number of nitrogens with one attached hydrogen (secondary N) is 1. The molecule has 3 fully saturated rings. The van der Waals surface area contributed by atoms with E-state index in [1.54, 1.807) is 0 Å². The van der Waals surface area contributed by atoms with Gasteiger partial charge in [0.05, 0.1) is 18.9 Å². The number of rotatable bonds is 4. The number of fused-ring (bicyclic) bond motifs is 1. The smallest absolute Gasteiger partial charge is 0.223 e. The summed E-state index contributed by atoms with van der Waals surface area (Å²) < 4.78 is 5.71. The molecular formula is C16H22N4O2. The van der Waals surface area contributed by atoms with Gasteiger partial charge in [-0.2, -0.15) is 5.10 Å². The number of amides is 1. The van der Waals surface area contributed by atoms with Crippen LogP contribution in [0.3, 0.4) is 0 Å². The second kappa shape index (κ2) is 5.19. The van der Waals surface area contributed by atoms with E-state index in [4.69, 9.17) is 4.74 Å². The van der Waals surface area contributed by atoms with E-state index in [2.05, 4.69) is 20.4 Å². The molecule has 3 heterocycles. The van der Waals surface area contributed by atoms with E-state index in [1.165, 1.54) is 0 Å². The molecule has 4 rings (SSSR count). The molecule has 1 aromatic rings. The zero-order chi connectivity index (χ0) is 15.2. The highest BCUT2D eigenvalue weighted by Gasteiger charge is 2.51. The number of aryl methyl sites for hydroxylation is 1. The lowest BCUT2D eigenvalue weighted by atomic mass is 9.81. The lowest BCUT2D eigenvalue weighted by Gasteiger charge is -2.27. The summed E-state index contributed by atoms with van der Waals surface area (Å²) in [7, 11) is 0. The monoisotopic (exact) mass is 302 g/mol. The van der Waals surface area contributed by atoms with E-state index in [0.29, 0.717) is 12.5 Å². The summed E-state index contributed by atoms with van der Waals surface area (Å²) in [6.07, 6.45) is 2.09. The standard InChI is InChI=1S/C16H22N4O2/c1-11-2-5-14(19-18-11)20-6-13-7-22-10-16(13,9-20)8-17-15(21)12-3-4-12/h2,5,12-13H,3-4,6-10H2,1H3,(H,17,21)/t13-,16+/m0/s1. The molecule has 0 bridgehead atoms. The Balaban J connectivity index is 1.46. The maximum Gasteiger partial charge on any atom is 0.223 e.